The summed E-state index contributed by atoms with van der Waals surface area (Å²) in [5.74, 6) is -1.42. The van der Waals surface area contributed by atoms with Crippen molar-refractivity contribution in [2.45, 2.75) is 0 Å². The summed E-state index contributed by atoms with van der Waals surface area (Å²) in [5.41, 5.74) is -0.198. The summed E-state index contributed by atoms with van der Waals surface area (Å²) in [6.45, 7) is 0. The highest BCUT2D eigenvalue weighted by Crippen LogP contribution is 2.24. The van der Waals surface area contributed by atoms with E-state index in [9.17, 15) is 19.3 Å². The fraction of sp³-hybridized carbons (Fsp3) is 0. The largest absolute Gasteiger partial charge is 0.322 e. The first-order valence-electron chi connectivity index (χ1n) is 5.58. The molecule has 108 valence electrons. The number of nitro benzene ring substituents is 1. The van der Waals surface area contributed by atoms with E-state index in [4.69, 9.17) is 0 Å². The number of hydrogen-bond acceptors (Lipinski definition) is 3. The smallest absolute Gasteiger partial charge is 0.306 e. The van der Waals surface area contributed by atoms with Gasteiger partial charge in [-0.25, -0.2) is 0 Å². The number of rotatable bonds is 3. The molecule has 0 fully saturated rings. The molecule has 0 radical (unpaired) electrons. The van der Waals surface area contributed by atoms with E-state index in [0.29, 0.717) is 14.5 Å². The fourth-order valence-corrected chi connectivity index (χ4v) is 2.91. The maximum absolute atomic E-state index is 13.2. The normalized spacial score (nSPS) is 10.2. The number of amides is 1. The highest BCUT2D eigenvalue weighted by Gasteiger charge is 2.16. The Morgan fingerprint density at radius 1 is 1.14 bits per heavy atom. The first kappa shape index (κ1) is 15.6. The van der Waals surface area contributed by atoms with Crippen LogP contribution in [0.5, 0.6) is 0 Å². The Bertz CT molecular complexity index is 717. The summed E-state index contributed by atoms with van der Waals surface area (Å²) in [7, 11) is 0. The Labute approximate surface area is 135 Å². The molecule has 0 aromatic heterocycles. The summed E-state index contributed by atoms with van der Waals surface area (Å²) < 4.78 is 14.6. The van der Waals surface area contributed by atoms with Gasteiger partial charge in [0.05, 0.1) is 4.92 Å². The molecule has 0 atom stereocenters. The molecule has 2 rings (SSSR count). The molecule has 0 spiro atoms. The minimum Gasteiger partial charge on any atom is -0.322 e. The SMILES string of the molecule is O=C(Nc1ccc(F)c([N+](=O)[O-])c1)c1cc(Br)cc(Br)c1. The summed E-state index contributed by atoms with van der Waals surface area (Å²) in [6.07, 6.45) is 0. The summed E-state index contributed by atoms with van der Waals surface area (Å²) in [5, 5.41) is 13.1. The first-order valence-corrected chi connectivity index (χ1v) is 7.17. The van der Waals surface area contributed by atoms with Crippen LogP contribution in [0.1, 0.15) is 10.4 Å². The molecule has 0 saturated carbocycles. The number of nitrogens with zero attached hydrogens (tertiary/aromatic N) is 1. The monoisotopic (exact) mass is 416 g/mol. The summed E-state index contributed by atoms with van der Waals surface area (Å²) >= 11 is 6.52. The van der Waals surface area contributed by atoms with Crippen molar-refractivity contribution in [3.05, 3.63) is 66.8 Å². The van der Waals surface area contributed by atoms with Crippen molar-refractivity contribution in [2.75, 3.05) is 5.32 Å². The molecule has 5 nitrogen and oxygen atoms in total. The zero-order chi connectivity index (χ0) is 15.6. The number of anilines is 1. The van der Waals surface area contributed by atoms with Crippen molar-refractivity contribution in [2.24, 2.45) is 0 Å². The van der Waals surface area contributed by atoms with Crippen LogP contribution in [0.4, 0.5) is 15.8 Å². The number of benzene rings is 2. The van der Waals surface area contributed by atoms with Gasteiger partial charge in [-0.3, -0.25) is 14.9 Å². The van der Waals surface area contributed by atoms with Crippen molar-refractivity contribution >= 4 is 49.1 Å². The number of nitro groups is 1. The summed E-state index contributed by atoms with van der Waals surface area (Å²) in [4.78, 5) is 21.9. The van der Waals surface area contributed by atoms with E-state index in [1.165, 1.54) is 6.07 Å². The molecule has 0 aliphatic heterocycles. The van der Waals surface area contributed by atoms with Crippen molar-refractivity contribution in [1.82, 2.24) is 0 Å². The lowest BCUT2D eigenvalue weighted by molar-refractivity contribution is -0.387. The molecule has 0 aliphatic carbocycles. The topological polar surface area (TPSA) is 72.2 Å². The molecule has 2 aromatic carbocycles. The van der Waals surface area contributed by atoms with Crippen molar-refractivity contribution < 1.29 is 14.1 Å². The second kappa shape index (κ2) is 6.31. The van der Waals surface area contributed by atoms with Gasteiger partial charge in [-0.1, -0.05) is 31.9 Å². The quantitative estimate of drug-likeness (QED) is 0.589. The Balaban J connectivity index is 2.27. The van der Waals surface area contributed by atoms with Gasteiger partial charge in [-0.2, -0.15) is 4.39 Å². The van der Waals surface area contributed by atoms with Crippen molar-refractivity contribution in [3.8, 4) is 0 Å². The van der Waals surface area contributed by atoms with Crippen LogP contribution in [0, 0.1) is 15.9 Å². The third kappa shape index (κ3) is 3.85. The average molecular weight is 418 g/mol. The molecule has 2 aromatic rings. The van der Waals surface area contributed by atoms with E-state index in [1.807, 2.05) is 0 Å². The average Bonchev–Trinajstić information content (AvgIpc) is 2.39. The molecular formula is C13H7Br2FN2O3. The van der Waals surface area contributed by atoms with Gasteiger partial charge in [-0.05, 0) is 30.3 Å². The molecule has 21 heavy (non-hydrogen) atoms. The summed E-state index contributed by atoms with van der Waals surface area (Å²) in [6, 6.07) is 8.12. The van der Waals surface area contributed by atoms with E-state index >= 15 is 0 Å². The molecule has 1 amide bonds. The van der Waals surface area contributed by atoms with Crippen LogP contribution < -0.4 is 5.32 Å². The minimum atomic E-state index is -0.955. The molecule has 0 aliphatic rings. The third-order valence-electron chi connectivity index (χ3n) is 2.53. The standard InChI is InChI=1S/C13H7Br2FN2O3/c14-8-3-7(4-9(15)5-8)13(19)17-10-1-2-11(16)12(6-10)18(20)21/h1-6H,(H,17,19). The van der Waals surface area contributed by atoms with E-state index in [0.717, 1.165) is 12.1 Å². The van der Waals surface area contributed by atoms with Crippen LogP contribution in [0.3, 0.4) is 0 Å². The van der Waals surface area contributed by atoms with Gasteiger partial charge in [0.25, 0.3) is 5.91 Å². The lowest BCUT2D eigenvalue weighted by Gasteiger charge is -2.06. The highest BCUT2D eigenvalue weighted by molar-refractivity contribution is 9.11. The third-order valence-corrected chi connectivity index (χ3v) is 3.44. The Morgan fingerprint density at radius 2 is 1.76 bits per heavy atom. The van der Waals surface area contributed by atoms with Gasteiger partial charge < -0.3 is 5.32 Å². The van der Waals surface area contributed by atoms with Gasteiger partial charge in [0.15, 0.2) is 0 Å². The van der Waals surface area contributed by atoms with Crippen molar-refractivity contribution in [1.29, 1.82) is 0 Å². The molecule has 0 heterocycles. The number of carbonyl (C=O) groups is 1. The van der Waals surface area contributed by atoms with Crippen molar-refractivity contribution in [3.63, 3.8) is 0 Å². The predicted molar refractivity (Wildman–Crippen MR) is 82.8 cm³/mol. The van der Waals surface area contributed by atoms with Gasteiger partial charge >= 0.3 is 5.69 Å². The molecule has 1 N–H and O–H groups in total. The van der Waals surface area contributed by atoms with Crippen LogP contribution in [-0.4, -0.2) is 10.8 Å². The molecule has 0 saturated heterocycles. The number of carbonyl (C=O) groups excluding carboxylic acids is 1. The second-order valence-corrected chi connectivity index (χ2v) is 5.87. The predicted octanol–water partition coefficient (Wildman–Crippen LogP) is 4.51. The lowest BCUT2D eigenvalue weighted by atomic mass is 10.2. The number of halogens is 3. The molecular weight excluding hydrogens is 411 g/mol. The van der Waals surface area contributed by atoms with E-state index in [2.05, 4.69) is 37.2 Å². The maximum Gasteiger partial charge on any atom is 0.306 e. The lowest BCUT2D eigenvalue weighted by Crippen LogP contribution is -2.12. The fourth-order valence-electron chi connectivity index (χ4n) is 1.62. The minimum absolute atomic E-state index is 0.143. The van der Waals surface area contributed by atoms with Crippen LogP contribution in [0.2, 0.25) is 0 Å². The van der Waals surface area contributed by atoms with Crippen LogP contribution in [-0.2, 0) is 0 Å². The Kier molecular flexibility index (Phi) is 4.69. The van der Waals surface area contributed by atoms with Gasteiger partial charge in [0, 0.05) is 26.3 Å². The Morgan fingerprint density at radius 3 is 2.33 bits per heavy atom. The van der Waals surface area contributed by atoms with E-state index < -0.39 is 22.3 Å². The zero-order valence-electron chi connectivity index (χ0n) is 10.3. The molecule has 8 heteroatoms. The van der Waals surface area contributed by atoms with Crippen LogP contribution in [0.15, 0.2) is 45.3 Å². The number of nitrogens with one attached hydrogen (secondary N) is 1. The van der Waals surface area contributed by atoms with Gasteiger partial charge in [0.1, 0.15) is 0 Å². The second-order valence-electron chi connectivity index (χ2n) is 4.04. The van der Waals surface area contributed by atoms with Crippen LogP contribution in [0.25, 0.3) is 0 Å². The van der Waals surface area contributed by atoms with Gasteiger partial charge in [0.2, 0.25) is 5.82 Å². The number of hydrogen-bond donors (Lipinski definition) is 1. The van der Waals surface area contributed by atoms with E-state index in [1.54, 1.807) is 18.2 Å². The molecule has 0 bridgehead atoms. The first-order chi connectivity index (χ1) is 9.86. The van der Waals surface area contributed by atoms with Gasteiger partial charge in [-0.15, -0.1) is 0 Å². The highest BCUT2D eigenvalue weighted by atomic mass is 79.9. The Hall–Kier alpha value is -1.80. The van der Waals surface area contributed by atoms with E-state index in [-0.39, 0.29) is 5.69 Å². The van der Waals surface area contributed by atoms with Crippen LogP contribution >= 0.6 is 31.9 Å². The zero-order valence-corrected chi connectivity index (χ0v) is 13.4. The maximum atomic E-state index is 13.2. The molecule has 0 unspecified atom stereocenters.